The fraction of sp³-hybridized carbons (Fsp3) is 0.455. The number of hydrogen-bond donors (Lipinski definition) is 2. The summed E-state index contributed by atoms with van der Waals surface area (Å²) in [5.74, 6) is 1.01. The molecule has 1 aromatic rings. The Bertz CT molecular complexity index is 356. The number of halogens is 1. The summed E-state index contributed by atoms with van der Waals surface area (Å²) in [6.07, 6.45) is 1.89. The number of fused-ring (bicyclic) bond motifs is 1. The number of nitrogens with two attached hydrogens (primary N) is 1. The van der Waals surface area contributed by atoms with Crippen LogP contribution in [0.2, 0.25) is 0 Å². The minimum Gasteiger partial charge on any atom is -0.508 e. The third-order valence-corrected chi connectivity index (χ3v) is 2.76. The molecule has 1 aromatic carbocycles. The molecule has 1 aliphatic rings. The van der Waals surface area contributed by atoms with Crippen molar-refractivity contribution in [1.29, 1.82) is 0 Å². The zero-order valence-electron chi connectivity index (χ0n) is 8.69. The van der Waals surface area contributed by atoms with Gasteiger partial charge < -0.3 is 15.6 Å². The Morgan fingerprint density at radius 1 is 1.53 bits per heavy atom. The van der Waals surface area contributed by atoms with E-state index in [-0.39, 0.29) is 23.8 Å². The Morgan fingerprint density at radius 3 is 2.93 bits per heavy atom. The Hall–Kier alpha value is -0.930. The minimum absolute atomic E-state index is 0. The first-order chi connectivity index (χ1) is 6.63. The SMILES string of the molecule is CC1(CN)CCc2ccc(O)cc2O1.Cl. The fourth-order valence-corrected chi connectivity index (χ4v) is 1.70. The van der Waals surface area contributed by atoms with E-state index in [2.05, 4.69) is 0 Å². The van der Waals surface area contributed by atoms with Gasteiger partial charge in [-0.2, -0.15) is 0 Å². The molecule has 0 aromatic heterocycles. The molecule has 1 heterocycles. The average molecular weight is 230 g/mol. The van der Waals surface area contributed by atoms with Crippen LogP contribution in [0, 0.1) is 0 Å². The standard InChI is InChI=1S/C11H15NO2.ClH/c1-11(7-12)5-4-8-2-3-9(13)6-10(8)14-11;/h2-3,6,13H,4-5,7,12H2,1H3;1H. The van der Waals surface area contributed by atoms with E-state index in [0.29, 0.717) is 6.54 Å². The van der Waals surface area contributed by atoms with Gasteiger partial charge in [-0.15, -0.1) is 12.4 Å². The molecule has 0 bridgehead atoms. The van der Waals surface area contributed by atoms with Gasteiger partial charge in [0.25, 0.3) is 0 Å². The van der Waals surface area contributed by atoms with Gasteiger partial charge in [-0.3, -0.25) is 0 Å². The maximum atomic E-state index is 9.32. The lowest BCUT2D eigenvalue weighted by Gasteiger charge is -2.34. The highest BCUT2D eigenvalue weighted by Crippen LogP contribution is 2.34. The summed E-state index contributed by atoms with van der Waals surface area (Å²) in [6, 6.07) is 5.25. The molecule has 0 aliphatic carbocycles. The van der Waals surface area contributed by atoms with E-state index in [1.165, 1.54) is 0 Å². The minimum atomic E-state index is -0.277. The van der Waals surface area contributed by atoms with Crippen molar-refractivity contribution in [1.82, 2.24) is 0 Å². The summed E-state index contributed by atoms with van der Waals surface area (Å²) < 4.78 is 5.76. The van der Waals surface area contributed by atoms with Gasteiger partial charge in [-0.1, -0.05) is 6.07 Å². The molecule has 2 rings (SSSR count). The first-order valence-corrected chi connectivity index (χ1v) is 4.84. The second kappa shape index (κ2) is 4.29. The van der Waals surface area contributed by atoms with Crippen molar-refractivity contribution in [3.8, 4) is 11.5 Å². The molecule has 0 spiro atoms. The smallest absolute Gasteiger partial charge is 0.127 e. The summed E-state index contributed by atoms with van der Waals surface area (Å²) >= 11 is 0. The van der Waals surface area contributed by atoms with Crippen molar-refractivity contribution in [3.05, 3.63) is 23.8 Å². The number of rotatable bonds is 1. The van der Waals surface area contributed by atoms with Crippen LogP contribution in [-0.4, -0.2) is 17.3 Å². The van der Waals surface area contributed by atoms with Gasteiger partial charge in [-0.05, 0) is 31.4 Å². The maximum absolute atomic E-state index is 9.32. The van der Waals surface area contributed by atoms with E-state index < -0.39 is 0 Å². The zero-order valence-corrected chi connectivity index (χ0v) is 9.51. The molecule has 1 aliphatic heterocycles. The number of hydrogen-bond acceptors (Lipinski definition) is 3. The van der Waals surface area contributed by atoms with Crippen molar-refractivity contribution < 1.29 is 9.84 Å². The quantitative estimate of drug-likeness (QED) is 0.773. The second-order valence-electron chi connectivity index (χ2n) is 4.05. The lowest BCUT2D eigenvalue weighted by molar-refractivity contribution is 0.0736. The number of benzene rings is 1. The molecule has 0 radical (unpaired) electrons. The van der Waals surface area contributed by atoms with Crippen molar-refractivity contribution in [2.45, 2.75) is 25.4 Å². The van der Waals surface area contributed by atoms with Crippen LogP contribution < -0.4 is 10.5 Å². The summed E-state index contributed by atoms with van der Waals surface area (Å²) in [7, 11) is 0. The molecule has 4 heteroatoms. The molecule has 15 heavy (non-hydrogen) atoms. The number of phenolic OH excluding ortho intramolecular Hbond substituents is 1. The van der Waals surface area contributed by atoms with Gasteiger partial charge in [0.2, 0.25) is 0 Å². The normalized spacial score (nSPS) is 23.6. The van der Waals surface area contributed by atoms with Crippen molar-refractivity contribution in [2.24, 2.45) is 5.73 Å². The van der Waals surface area contributed by atoms with Crippen LogP contribution in [0.4, 0.5) is 0 Å². The van der Waals surface area contributed by atoms with Gasteiger partial charge in [-0.25, -0.2) is 0 Å². The van der Waals surface area contributed by atoms with Crippen molar-refractivity contribution >= 4 is 12.4 Å². The largest absolute Gasteiger partial charge is 0.508 e. The lowest BCUT2D eigenvalue weighted by atomic mass is 9.93. The highest BCUT2D eigenvalue weighted by molar-refractivity contribution is 5.85. The summed E-state index contributed by atoms with van der Waals surface area (Å²) in [5, 5.41) is 9.32. The Kier molecular flexibility index (Phi) is 3.47. The number of ether oxygens (including phenoxy) is 1. The zero-order chi connectivity index (χ0) is 10.2. The van der Waals surface area contributed by atoms with Crippen molar-refractivity contribution in [2.75, 3.05) is 6.54 Å². The van der Waals surface area contributed by atoms with Crippen LogP contribution in [0.25, 0.3) is 0 Å². The van der Waals surface area contributed by atoms with E-state index in [9.17, 15) is 5.11 Å². The van der Waals surface area contributed by atoms with Crippen LogP contribution in [-0.2, 0) is 6.42 Å². The number of phenols is 1. The Labute approximate surface area is 95.7 Å². The van der Waals surface area contributed by atoms with Crippen LogP contribution in [0.3, 0.4) is 0 Å². The second-order valence-corrected chi connectivity index (χ2v) is 4.05. The van der Waals surface area contributed by atoms with E-state index >= 15 is 0 Å². The van der Waals surface area contributed by atoms with Gasteiger partial charge in [0.1, 0.15) is 17.1 Å². The summed E-state index contributed by atoms with van der Waals surface area (Å²) in [5.41, 5.74) is 6.52. The Morgan fingerprint density at radius 2 is 2.27 bits per heavy atom. The third kappa shape index (κ3) is 2.36. The Balaban J connectivity index is 0.00000112. The van der Waals surface area contributed by atoms with Gasteiger partial charge in [0.15, 0.2) is 0 Å². The van der Waals surface area contributed by atoms with E-state index in [4.69, 9.17) is 10.5 Å². The first-order valence-electron chi connectivity index (χ1n) is 4.84. The molecule has 0 amide bonds. The molecule has 0 saturated carbocycles. The molecule has 0 saturated heterocycles. The number of aromatic hydroxyl groups is 1. The highest BCUT2D eigenvalue weighted by Gasteiger charge is 2.29. The molecular weight excluding hydrogens is 214 g/mol. The van der Waals surface area contributed by atoms with E-state index in [0.717, 1.165) is 24.2 Å². The van der Waals surface area contributed by atoms with Crippen LogP contribution in [0.5, 0.6) is 11.5 Å². The molecule has 3 nitrogen and oxygen atoms in total. The first kappa shape index (κ1) is 12.1. The monoisotopic (exact) mass is 229 g/mol. The van der Waals surface area contributed by atoms with Crippen LogP contribution in [0.15, 0.2) is 18.2 Å². The topological polar surface area (TPSA) is 55.5 Å². The average Bonchev–Trinajstić information content (AvgIpc) is 2.17. The third-order valence-electron chi connectivity index (χ3n) is 2.76. The van der Waals surface area contributed by atoms with Crippen molar-refractivity contribution in [3.63, 3.8) is 0 Å². The summed E-state index contributed by atoms with van der Waals surface area (Å²) in [4.78, 5) is 0. The van der Waals surface area contributed by atoms with Crippen LogP contribution in [0.1, 0.15) is 18.9 Å². The van der Waals surface area contributed by atoms with Gasteiger partial charge in [0.05, 0.1) is 0 Å². The van der Waals surface area contributed by atoms with E-state index in [1.54, 1.807) is 12.1 Å². The molecule has 84 valence electrons. The van der Waals surface area contributed by atoms with Gasteiger partial charge >= 0.3 is 0 Å². The highest BCUT2D eigenvalue weighted by atomic mass is 35.5. The fourth-order valence-electron chi connectivity index (χ4n) is 1.70. The molecule has 1 unspecified atom stereocenters. The van der Waals surface area contributed by atoms with E-state index in [1.807, 2.05) is 13.0 Å². The lowest BCUT2D eigenvalue weighted by Crippen LogP contribution is -2.43. The number of aryl methyl sites for hydroxylation is 1. The summed E-state index contributed by atoms with van der Waals surface area (Å²) in [6.45, 7) is 2.50. The van der Waals surface area contributed by atoms with Gasteiger partial charge in [0, 0.05) is 12.6 Å². The maximum Gasteiger partial charge on any atom is 0.127 e. The molecule has 3 N–H and O–H groups in total. The molecule has 1 atom stereocenters. The van der Waals surface area contributed by atoms with Crippen LogP contribution >= 0.6 is 12.4 Å². The molecule has 0 fully saturated rings. The predicted octanol–water partition coefficient (Wildman–Crippen LogP) is 1.86. The molecular formula is C11H16ClNO2. The predicted molar refractivity (Wildman–Crippen MR) is 61.8 cm³/mol.